The SMILES string of the molecule is Clc1ccc2cccc(N3CCCC3)c2n1. The number of hydrogen-bond acceptors (Lipinski definition) is 2. The smallest absolute Gasteiger partial charge is 0.129 e. The molecule has 1 saturated heterocycles. The molecule has 0 aliphatic carbocycles. The van der Waals surface area contributed by atoms with Gasteiger partial charge >= 0.3 is 0 Å². The van der Waals surface area contributed by atoms with Crippen molar-refractivity contribution in [2.45, 2.75) is 12.8 Å². The summed E-state index contributed by atoms with van der Waals surface area (Å²) in [4.78, 5) is 6.84. The van der Waals surface area contributed by atoms with Gasteiger partial charge in [0.05, 0.1) is 11.2 Å². The fourth-order valence-electron chi connectivity index (χ4n) is 2.32. The van der Waals surface area contributed by atoms with Gasteiger partial charge in [0.15, 0.2) is 0 Å². The van der Waals surface area contributed by atoms with Gasteiger partial charge < -0.3 is 4.90 Å². The van der Waals surface area contributed by atoms with Crippen LogP contribution in [0.2, 0.25) is 5.15 Å². The van der Waals surface area contributed by atoms with Crippen molar-refractivity contribution in [3.63, 3.8) is 0 Å². The monoisotopic (exact) mass is 232 g/mol. The highest BCUT2D eigenvalue weighted by atomic mass is 35.5. The molecule has 3 heteroatoms. The number of anilines is 1. The molecule has 0 bridgehead atoms. The predicted molar refractivity (Wildman–Crippen MR) is 68.2 cm³/mol. The van der Waals surface area contributed by atoms with E-state index in [0.29, 0.717) is 5.15 Å². The predicted octanol–water partition coefficient (Wildman–Crippen LogP) is 3.49. The molecule has 0 N–H and O–H groups in total. The zero-order chi connectivity index (χ0) is 11.0. The first-order valence-corrected chi connectivity index (χ1v) is 6.02. The molecule has 16 heavy (non-hydrogen) atoms. The van der Waals surface area contributed by atoms with E-state index in [1.807, 2.05) is 12.1 Å². The van der Waals surface area contributed by atoms with Crippen LogP contribution in [-0.2, 0) is 0 Å². The third kappa shape index (κ3) is 1.63. The number of fused-ring (bicyclic) bond motifs is 1. The van der Waals surface area contributed by atoms with Crippen molar-refractivity contribution >= 4 is 28.2 Å². The highest BCUT2D eigenvalue weighted by Crippen LogP contribution is 2.28. The normalized spacial score (nSPS) is 15.9. The van der Waals surface area contributed by atoms with Gasteiger partial charge in [0, 0.05) is 18.5 Å². The zero-order valence-corrected chi connectivity index (χ0v) is 9.74. The highest BCUT2D eigenvalue weighted by molar-refractivity contribution is 6.29. The summed E-state index contributed by atoms with van der Waals surface area (Å²) in [6.45, 7) is 2.26. The molecule has 0 amide bonds. The Labute approximate surface area is 99.8 Å². The molecule has 82 valence electrons. The quantitative estimate of drug-likeness (QED) is 0.700. The minimum absolute atomic E-state index is 0.569. The molecule has 0 atom stereocenters. The second-order valence-corrected chi connectivity index (χ2v) is 4.56. The third-order valence-electron chi connectivity index (χ3n) is 3.11. The molecule has 2 aromatic rings. The molecule has 0 radical (unpaired) electrons. The van der Waals surface area contributed by atoms with Crippen molar-refractivity contribution in [3.8, 4) is 0 Å². The average molecular weight is 233 g/mol. The third-order valence-corrected chi connectivity index (χ3v) is 3.32. The molecule has 0 saturated carbocycles. The zero-order valence-electron chi connectivity index (χ0n) is 8.99. The Morgan fingerprint density at radius 1 is 1.06 bits per heavy atom. The van der Waals surface area contributed by atoms with Crippen LogP contribution in [0.25, 0.3) is 10.9 Å². The summed E-state index contributed by atoms with van der Waals surface area (Å²) in [7, 11) is 0. The number of benzene rings is 1. The van der Waals surface area contributed by atoms with Crippen LogP contribution >= 0.6 is 11.6 Å². The summed E-state index contributed by atoms with van der Waals surface area (Å²) < 4.78 is 0. The Morgan fingerprint density at radius 3 is 2.69 bits per heavy atom. The van der Waals surface area contributed by atoms with Gasteiger partial charge in [-0.3, -0.25) is 0 Å². The van der Waals surface area contributed by atoms with Crippen LogP contribution in [-0.4, -0.2) is 18.1 Å². The maximum Gasteiger partial charge on any atom is 0.129 e. The number of rotatable bonds is 1. The fourth-order valence-corrected chi connectivity index (χ4v) is 2.47. The number of halogens is 1. The maximum atomic E-state index is 5.97. The van der Waals surface area contributed by atoms with Gasteiger partial charge in [-0.1, -0.05) is 23.7 Å². The van der Waals surface area contributed by atoms with Gasteiger partial charge in [0.2, 0.25) is 0 Å². The van der Waals surface area contributed by atoms with Crippen molar-refractivity contribution in [1.82, 2.24) is 4.98 Å². The van der Waals surface area contributed by atoms with E-state index in [-0.39, 0.29) is 0 Å². The first-order chi connectivity index (χ1) is 7.84. The first kappa shape index (κ1) is 9.91. The van der Waals surface area contributed by atoms with Gasteiger partial charge in [-0.2, -0.15) is 0 Å². The second kappa shape index (κ2) is 3.95. The van der Waals surface area contributed by atoms with Crippen LogP contribution in [0.3, 0.4) is 0 Å². The second-order valence-electron chi connectivity index (χ2n) is 4.18. The summed E-state index contributed by atoms with van der Waals surface area (Å²) in [5.74, 6) is 0. The molecule has 2 nitrogen and oxygen atoms in total. The van der Waals surface area contributed by atoms with Crippen LogP contribution in [0, 0.1) is 0 Å². The molecular weight excluding hydrogens is 220 g/mol. The van der Waals surface area contributed by atoms with E-state index in [9.17, 15) is 0 Å². The maximum absolute atomic E-state index is 5.97. The largest absolute Gasteiger partial charge is 0.370 e. The topological polar surface area (TPSA) is 16.1 Å². The van der Waals surface area contributed by atoms with Crippen molar-refractivity contribution < 1.29 is 0 Å². The van der Waals surface area contributed by atoms with Crippen molar-refractivity contribution in [2.24, 2.45) is 0 Å². The first-order valence-electron chi connectivity index (χ1n) is 5.65. The van der Waals surface area contributed by atoms with Crippen LogP contribution in [0.15, 0.2) is 30.3 Å². The molecule has 1 aliphatic rings. The summed E-state index contributed by atoms with van der Waals surface area (Å²) in [5.41, 5.74) is 2.24. The van der Waals surface area contributed by atoms with Gasteiger partial charge in [-0.25, -0.2) is 4.98 Å². The lowest BCUT2D eigenvalue weighted by Gasteiger charge is -2.19. The highest BCUT2D eigenvalue weighted by Gasteiger charge is 2.15. The van der Waals surface area contributed by atoms with E-state index in [2.05, 4.69) is 28.1 Å². The van der Waals surface area contributed by atoms with E-state index in [1.54, 1.807) is 0 Å². The molecule has 0 spiro atoms. The fraction of sp³-hybridized carbons (Fsp3) is 0.308. The number of para-hydroxylation sites is 1. The molecule has 2 heterocycles. The Kier molecular flexibility index (Phi) is 2.44. The van der Waals surface area contributed by atoms with E-state index in [4.69, 9.17) is 11.6 Å². The molecule has 1 aromatic heterocycles. The van der Waals surface area contributed by atoms with E-state index < -0.39 is 0 Å². The summed E-state index contributed by atoms with van der Waals surface area (Å²) in [6.07, 6.45) is 2.55. The molecular formula is C13H13ClN2. The van der Waals surface area contributed by atoms with E-state index >= 15 is 0 Å². The van der Waals surface area contributed by atoms with Crippen LogP contribution in [0.5, 0.6) is 0 Å². The van der Waals surface area contributed by atoms with Gasteiger partial charge in [-0.05, 0) is 31.0 Å². The standard InChI is InChI=1S/C13H13ClN2/c14-12-7-6-10-4-3-5-11(13(10)15-12)16-8-1-2-9-16/h3-7H,1-2,8-9H2. The molecule has 1 aliphatic heterocycles. The lowest BCUT2D eigenvalue weighted by atomic mass is 10.2. The summed E-state index contributed by atoms with van der Waals surface area (Å²) in [5, 5.41) is 1.73. The van der Waals surface area contributed by atoms with Gasteiger partial charge in [0.1, 0.15) is 5.15 Å². The lowest BCUT2D eigenvalue weighted by Crippen LogP contribution is -2.18. The van der Waals surface area contributed by atoms with Crippen LogP contribution in [0.1, 0.15) is 12.8 Å². The Bertz CT molecular complexity index is 518. The van der Waals surface area contributed by atoms with Gasteiger partial charge in [0.25, 0.3) is 0 Å². The van der Waals surface area contributed by atoms with Crippen LogP contribution in [0.4, 0.5) is 5.69 Å². The lowest BCUT2D eigenvalue weighted by molar-refractivity contribution is 0.949. The average Bonchev–Trinajstić information content (AvgIpc) is 2.81. The molecule has 1 fully saturated rings. The van der Waals surface area contributed by atoms with Crippen molar-refractivity contribution in [2.75, 3.05) is 18.0 Å². The number of aromatic nitrogens is 1. The minimum Gasteiger partial charge on any atom is -0.370 e. The van der Waals surface area contributed by atoms with Crippen molar-refractivity contribution in [3.05, 3.63) is 35.5 Å². The Hall–Kier alpha value is -1.28. The van der Waals surface area contributed by atoms with E-state index in [0.717, 1.165) is 24.0 Å². The number of nitrogens with zero attached hydrogens (tertiary/aromatic N) is 2. The van der Waals surface area contributed by atoms with Crippen molar-refractivity contribution in [1.29, 1.82) is 0 Å². The molecule has 3 rings (SSSR count). The molecule has 0 unspecified atom stereocenters. The Morgan fingerprint density at radius 2 is 1.88 bits per heavy atom. The van der Waals surface area contributed by atoms with Crippen LogP contribution < -0.4 is 4.90 Å². The molecule has 1 aromatic carbocycles. The number of pyridine rings is 1. The van der Waals surface area contributed by atoms with E-state index in [1.165, 1.54) is 18.5 Å². The van der Waals surface area contributed by atoms with Gasteiger partial charge in [-0.15, -0.1) is 0 Å². The Balaban J connectivity index is 2.18. The number of hydrogen-bond donors (Lipinski definition) is 0. The summed E-state index contributed by atoms with van der Waals surface area (Å²) in [6, 6.07) is 10.2. The summed E-state index contributed by atoms with van der Waals surface area (Å²) >= 11 is 5.97. The minimum atomic E-state index is 0.569.